The van der Waals surface area contributed by atoms with Gasteiger partial charge in [0.2, 0.25) is 5.91 Å². The summed E-state index contributed by atoms with van der Waals surface area (Å²) in [5.41, 5.74) is 0.606. The second-order valence-corrected chi connectivity index (χ2v) is 7.63. The van der Waals surface area contributed by atoms with E-state index in [1.165, 1.54) is 6.07 Å². The van der Waals surface area contributed by atoms with Gasteiger partial charge in [0.25, 0.3) is 0 Å². The zero-order valence-corrected chi connectivity index (χ0v) is 16.2. The van der Waals surface area contributed by atoms with Gasteiger partial charge >= 0.3 is 6.03 Å². The fourth-order valence-electron chi connectivity index (χ4n) is 3.80. The normalized spacial score (nSPS) is 18.7. The van der Waals surface area contributed by atoms with Crippen LogP contribution >= 0.6 is 0 Å². The van der Waals surface area contributed by atoms with Gasteiger partial charge < -0.3 is 20.0 Å². The molecule has 148 valence electrons. The topological polar surface area (TPSA) is 55.9 Å². The number of nitrogens with one attached hydrogen (secondary N) is 1. The second kappa shape index (κ2) is 8.59. The number of carbonyl (C=O) groups is 2. The Morgan fingerprint density at radius 3 is 2.22 bits per heavy atom. The highest BCUT2D eigenvalue weighted by molar-refractivity contribution is 5.80. The van der Waals surface area contributed by atoms with Crippen LogP contribution in [0.3, 0.4) is 0 Å². The molecular formula is C20H29FN4O2. The summed E-state index contributed by atoms with van der Waals surface area (Å²) < 4.78 is 13.9. The Balaban J connectivity index is 1.48. The SMILES string of the molecule is CC(C)NC(=O)N1CCC(C(=O)N2CCN(c3ccccc3F)CC2)CC1. The highest BCUT2D eigenvalue weighted by Crippen LogP contribution is 2.23. The van der Waals surface area contributed by atoms with Gasteiger partial charge in [-0.1, -0.05) is 12.1 Å². The standard InChI is InChI=1S/C20H29FN4O2/c1-15(2)22-20(27)25-9-7-16(8-10-25)19(26)24-13-11-23(12-14-24)18-6-4-3-5-17(18)21/h3-6,15-16H,7-14H2,1-2H3,(H,22,27). The number of carbonyl (C=O) groups excluding carboxylic acids is 2. The first-order chi connectivity index (χ1) is 13.0. The Labute approximate surface area is 160 Å². The predicted molar refractivity (Wildman–Crippen MR) is 103 cm³/mol. The van der Waals surface area contributed by atoms with Crippen molar-refractivity contribution in [2.75, 3.05) is 44.2 Å². The predicted octanol–water partition coefficient (Wildman–Crippen LogP) is 2.30. The molecule has 0 aliphatic carbocycles. The lowest BCUT2D eigenvalue weighted by molar-refractivity contribution is -0.137. The number of piperidine rings is 1. The molecule has 0 saturated carbocycles. The Bertz CT molecular complexity index is 666. The first-order valence-corrected chi connectivity index (χ1v) is 9.79. The van der Waals surface area contributed by atoms with Gasteiger partial charge in [-0.2, -0.15) is 0 Å². The monoisotopic (exact) mass is 376 g/mol. The van der Waals surface area contributed by atoms with Crippen molar-refractivity contribution in [2.24, 2.45) is 5.92 Å². The van der Waals surface area contributed by atoms with Crippen molar-refractivity contribution in [2.45, 2.75) is 32.7 Å². The molecule has 1 aromatic carbocycles. The number of likely N-dealkylation sites (tertiary alicyclic amines) is 1. The Hall–Kier alpha value is -2.31. The fourth-order valence-corrected chi connectivity index (χ4v) is 3.80. The van der Waals surface area contributed by atoms with Gasteiger partial charge in [0, 0.05) is 51.2 Å². The third-order valence-corrected chi connectivity index (χ3v) is 5.33. The van der Waals surface area contributed by atoms with Crippen LogP contribution in [0.4, 0.5) is 14.9 Å². The van der Waals surface area contributed by atoms with Crippen molar-refractivity contribution >= 4 is 17.6 Å². The smallest absolute Gasteiger partial charge is 0.317 e. The fraction of sp³-hybridized carbons (Fsp3) is 0.600. The summed E-state index contributed by atoms with van der Waals surface area (Å²) in [6, 6.07) is 6.84. The Kier molecular flexibility index (Phi) is 6.19. The summed E-state index contributed by atoms with van der Waals surface area (Å²) in [5.74, 6) is -0.0652. The minimum Gasteiger partial charge on any atom is -0.366 e. The van der Waals surface area contributed by atoms with Crippen LogP contribution in [-0.2, 0) is 4.79 Å². The molecular weight excluding hydrogens is 347 g/mol. The zero-order valence-electron chi connectivity index (χ0n) is 16.2. The number of para-hydroxylation sites is 1. The van der Waals surface area contributed by atoms with E-state index in [2.05, 4.69) is 5.32 Å². The molecule has 6 nitrogen and oxygen atoms in total. The number of anilines is 1. The number of halogens is 1. The van der Waals surface area contributed by atoms with Gasteiger partial charge in [0.15, 0.2) is 0 Å². The molecule has 2 heterocycles. The molecule has 2 aliphatic heterocycles. The van der Waals surface area contributed by atoms with Crippen molar-refractivity contribution in [3.63, 3.8) is 0 Å². The largest absolute Gasteiger partial charge is 0.366 e. The van der Waals surface area contributed by atoms with Crippen LogP contribution in [0.15, 0.2) is 24.3 Å². The van der Waals surface area contributed by atoms with E-state index < -0.39 is 0 Å². The maximum Gasteiger partial charge on any atom is 0.317 e. The molecule has 0 radical (unpaired) electrons. The summed E-state index contributed by atoms with van der Waals surface area (Å²) in [4.78, 5) is 30.6. The number of piperazine rings is 1. The summed E-state index contributed by atoms with van der Waals surface area (Å²) in [6.45, 7) is 7.62. The molecule has 1 N–H and O–H groups in total. The molecule has 0 spiro atoms. The van der Waals surface area contributed by atoms with Crippen LogP contribution in [0.25, 0.3) is 0 Å². The van der Waals surface area contributed by atoms with E-state index in [0.717, 1.165) is 0 Å². The molecule has 0 atom stereocenters. The van der Waals surface area contributed by atoms with E-state index in [0.29, 0.717) is 57.8 Å². The van der Waals surface area contributed by atoms with Crippen molar-refractivity contribution < 1.29 is 14.0 Å². The molecule has 2 saturated heterocycles. The molecule has 0 unspecified atom stereocenters. The number of amides is 3. The summed E-state index contributed by atoms with van der Waals surface area (Å²) >= 11 is 0. The highest BCUT2D eigenvalue weighted by Gasteiger charge is 2.32. The average Bonchev–Trinajstić information content (AvgIpc) is 2.67. The lowest BCUT2D eigenvalue weighted by Gasteiger charge is -2.39. The van der Waals surface area contributed by atoms with Crippen molar-refractivity contribution in [1.82, 2.24) is 15.1 Å². The van der Waals surface area contributed by atoms with Crippen LogP contribution in [-0.4, -0.2) is 67.0 Å². The van der Waals surface area contributed by atoms with E-state index in [1.807, 2.05) is 29.7 Å². The first kappa shape index (κ1) is 19.5. The lowest BCUT2D eigenvalue weighted by atomic mass is 9.95. The van der Waals surface area contributed by atoms with Crippen LogP contribution in [0.5, 0.6) is 0 Å². The van der Waals surface area contributed by atoms with Gasteiger partial charge in [0.05, 0.1) is 5.69 Å². The van der Waals surface area contributed by atoms with Crippen LogP contribution < -0.4 is 10.2 Å². The molecule has 0 aromatic heterocycles. The molecule has 0 bridgehead atoms. The molecule has 1 aromatic rings. The summed E-state index contributed by atoms with van der Waals surface area (Å²) in [6.07, 6.45) is 1.41. The van der Waals surface area contributed by atoms with Crippen LogP contribution in [0.1, 0.15) is 26.7 Å². The molecule has 3 amide bonds. The molecule has 3 rings (SSSR count). The van der Waals surface area contributed by atoms with Gasteiger partial charge in [-0.15, -0.1) is 0 Å². The Morgan fingerprint density at radius 1 is 1.00 bits per heavy atom. The van der Waals surface area contributed by atoms with Crippen molar-refractivity contribution in [1.29, 1.82) is 0 Å². The zero-order chi connectivity index (χ0) is 19.4. The maximum atomic E-state index is 13.9. The Morgan fingerprint density at radius 2 is 1.63 bits per heavy atom. The van der Waals surface area contributed by atoms with Crippen molar-refractivity contribution in [3.05, 3.63) is 30.1 Å². The van der Waals surface area contributed by atoms with E-state index in [4.69, 9.17) is 0 Å². The van der Waals surface area contributed by atoms with E-state index in [1.54, 1.807) is 17.0 Å². The minimum atomic E-state index is -0.218. The van der Waals surface area contributed by atoms with E-state index in [9.17, 15) is 14.0 Å². The molecule has 27 heavy (non-hydrogen) atoms. The van der Waals surface area contributed by atoms with E-state index >= 15 is 0 Å². The number of hydrogen-bond donors (Lipinski definition) is 1. The molecule has 2 fully saturated rings. The van der Waals surface area contributed by atoms with Crippen molar-refractivity contribution in [3.8, 4) is 0 Å². The first-order valence-electron chi connectivity index (χ1n) is 9.79. The number of rotatable bonds is 3. The highest BCUT2D eigenvalue weighted by atomic mass is 19.1. The number of urea groups is 1. The van der Waals surface area contributed by atoms with Gasteiger partial charge in [-0.3, -0.25) is 4.79 Å². The maximum absolute atomic E-state index is 13.9. The van der Waals surface area contributed by atoms with Crippen LogP contribution in [0.2, 0.25) is 0 Å². The number of nitrogens with zero attached hydrogens (tertiary/aromatic N) is 3. The van der Waals surface area contributed by atoms with Crippen LogP contribution in [0, 0.1) is 11.7 Å². The third-order valence-electron chi connectivity index (χ3n) is 5.33. The van der Waals surface area contributed by atoms with Gasteiger partial charge in [-0.05, 0) is 38.8 Å². The molecule has 2 aliphatic rings. The average molecular weight is 376 g/mol. The number of hydrogen-bond acceptors (Lipinski definition) is 3. The molecule has 7 heteroatoms. The summed E-state index contributed by atoms with van der Waals surface area (Å²) in [5, 5.41) is 2.90. The van der Waals surface area contributed by atoms with Gasteiger partial charge in [-0.25, -0.2) is 9.18 Å². The third kappa shape index (κ3) is 4.70. The quantitative estimate of drug-likeness (QED) is 0.881. The minimum absolute atomic E-state index is 0.0203. The second-order valence-electron chi connectivity index (χ2n) is 7.63. The summed E-state index contributed by atoms with van der Waals surface area (Å²) in [7, 11) is 0. The lowest BCUT2D eigenvalue weighted by Crippen LogP contribution is -2.53. The van der Waals surface area contributed by atoms with Gasteiger partial charge in [0.1, 0.15) is 5.82 Å². The van der Waals surface area contributed by atoms with E-state index in [-0.39, 0.29) is 29.7 Å². The number of benzene rings is 1.